The molecule has 1 aromatic heterocycles. The number of ether oxygens (including phenoxy) is 1. The zero-order chi connectivity index (χ0) is 16.3. The second kappa shape index (κ2) is 7.28. The number of rotatable bonds is 5. The van der Waals surface area contributed by atoms with E-state index in [1.807, 2.05) is 6.20 Å². The van der Waals surface area contributed by atoms with Crippen molar-refractivity contribution in [1.29, 1.82) is 5.41 Å². The van der Waals surface area contributed by atoms with E-state index >= 15 is 0 Å². The van der Waals surface area contributed by atoms with Gasteiger partial charge >= 0.3 is 0 Å². The van der Waals surface area contributed by atoms with Crippen molar-refractivity contribution in [2.75, 3.05) is 31.2 Å². The Morgan fingerprint density at radius 1 is 1.43 bits per heavy atom. The van der Waals surface area contributed by atoms with Crippen LogP contribution >= 0.6 is 11.3 Å². The lowest BCUT2D eigenvalue weighted by atomic mass is 9.76. The molecule has 0 bridgehead atoms. The third kappa shape index (κ3) is 3.75. The van der Waals surface area contributed by atoms with E-state index in [0.717, 1.165) is 80.5 Å². The molecule has 1 saturated carbocycles. The van der Waals surface area contributed by atoms with Gasteiger partial charge in [0, 0.05) is 25.0 Å². The quantitative estimate of drug-likeness (QED) is 0.810. The van der Waals surface area contributed by atoms with Gasteiger partial charge < -0.3 is 20.2 Å². The highest BCUT2D eigenvalue weighted by atomic mass is 32.1. The van der Waals surface area contributed by atoms with Gasteiger partial charge in [-0.3, -0.25) is 0 Å². The van der Waals surface area contributed by atoms with E-state index in [1.54, 1.807) is 11.3 Å². The molecule has 1 aliphatic heterocycles. The molecule has 2 aliphatic rings. The lowest BCUT2D eigenvalue weighted by Gasteiger charge is -2.35. The summed E-state index contributed by atoms with van der Waals surface area (Å²) in [5.74, 6) is 0.363. The van der Waals surface area contributed by atoms with Crippen molar-refractivity contribution in [2.45, 2.75) is 51.0 Å². The first-order valence-corrected chi connectivity index (χ1v) is 9.53. The van der Waals surface area contributed by atoms with E-state index in [1.165, 1.54) is 0 Å². The van der Waals surface area contributed by atoms with Crippen LogP contribution in [-0.4, -0.2) is 42.1 Å². The zero-order valence-corrected chi connectivity index (χ0v) is 14.7. The third-order valence-corrected chi connectivity index (χ3v) is 6.31. The molecular weight excluding hydrogens is 310 g/mol. The second-order valence-corrected chi connectivity index (χ2v) is 7.70. The monoisotopic (exact) mass is 337 g/mol. The lowest BCUT2D eigenvalue weighted by Crippen LogP contribution is -2.36. The van der Waals surface area contributed by atoms with Gasteiger partial charge in [0.1, 0.15) is 5.60 Å². The predicted octanol–water partition coefficient (Wildman–Crippen LogP) is 3.18. The van der Waals surface area contributed by atoms with Gasteiger partial charge in [0.05, 0.1) is 18.1 Å². The number of hydrogen-bond acceptors (Lipinski definition) is 6. The van der Waals surface area contributed by atoms with Gasteiger partial charge in [-0.05, 0) is 38.0 Å². The summed E-state index contributed by atoms with van der Waals surface area (Å²) in [5, 5.41) is 20.2. The van der Waals surface area contributed by atoms with E-state index in [0.29, 0.717) is 5.92 Å². The van der Waals surface area contributed by atoms with Crippen molar-refractivity contribution in [3.63, 3.8) is 0 Å². The van der Waals surface area contributed by atoms with Crippen molar-refractivity contribution in [3.8, 4) is 0 Å². The fourth-order valence-corrected chi connectivity index (χ4v) is 4.66. The Hall–Kier alpha value is -0.980. The first-order chi connectivity index (χ1) is 11.1. The van der Waals surface area contributed by atoms with Crippen LogP contribution in [0.5, 0.6) is 0 Å². The van der Waals surface area contributed by atoms with Gasteiger partial charge in [0.2, 0.25) is 0 Å². The van der Waals surface area contributed by atoms with Crippen molar-refractivity contribution < 1.29 is 9.84 Å². The second-order valence-electron chi connectivity index (χ2n) is 6.69. The van der Waals surface area contributed by atoms with E-state index in [-0.39, 0.29) is 0 Å². The van der Waals surface area contributed by atoms with Gasteiger partial charge in [-0.1, -0.05) is 24.7 Å². The van der Waals surface area contributed by atoms with Crippen molar-refractivity contribution in [3.05, 3.63) is 11.1 Å². The number of aromatic nitrogens is 1. The Morgan fingerprint density at radius 3 is 2.78 bits per heavy atom. The molecule has 1 saturated heterocycles. The summed E-state index contributed by atoms with van der Waals surface area (Å²) in [6.07, 6.45) is 7.11. The molecule has 0 amide bonds. The highest BCUT2D eigenvalue weighted by molar-refractivity contribution is 7.15. The van der Waals surface area contributed by atoms with Crippen LogP contribution in [0.25, 0.3) is 0 Å². The molecule has 2 fully saturated rings. The fraction of sp³-hybridized carbons (Fsp3) is 0.765. The van der Waals surface area contributed by atoms with E-state index in [9.17, 15) is 5.11 Å². The smallest absolute Gasteiger partial charge is 0.185 e. The maximum atomic E-state index is 11.0. The van der Waals surface area contributed by atoms with Crippen LogP contribution in [0.2, 0.25) is 0 Å². The predicted molar refractivity (Wildman–Crippen MR) is 93.6 cm³/mol. The largest absolute Gasteiger partial charge is 0.384 e. The number of aliphatic hydroxyl groups is 1. The summed E-state index contributed by atoms with van der Waals surface area (Å²) in [6.45, 7) is 5.38. The molecule has 2 heterocycles. The SMILES string of the molecule is CCCC(=N)C1CCC(O)(c2cnc(N3CCOCC3)s2)CC1. The van der Waals surface area contributed by atoms with Crippen LogP contribution < -0.4 is 4.90 Å². The molecule has 3 rings (SSSR count). The van der Waals surface area contributed by atoms with E-state index < -0.39 is 5.60 Å². The van der Waals surface area contributed by atoms with E-state index in [2.05, 4.69) is 16.8 Å². The average molecular weight is 337 g/mol. The summed E-state index contributed by atoms with van der Waals surface area (Å²) >= 11 is 1.62. The Kier molecular flexibility index (Phi) is 5.34. The summed E-state index contributed by atoms with van der Waals surface area (Å²) in [6, 6.07) is 0. The molecule has 0 atom stereocenters. The molecule has 1 aromatic rings. The molecule has 0 spiro atoms. The van der Waals surface area contributed by atoms with Crippen LogP contribution in [0.3, 0.4) is 0 Å². The lowest BCUT2D eigenvalue weighted by molar-refractivity contribution is -0.00398. The van der Waals surface area contributed by atoms with Gasteiger partial charge in [-0.25, -0.2) is 4.98 Å². The van der Waals surface area contributed by atoms with Crippen LogP contribution in [0.4, 0.5) is 5.13 Å². The normalized spacial score (nSPS) is 28.8. The number of thiazole rings is 1. The molecule has 1 aliphatic carbocycles. The van der Waals surface area contributed by atoms with Gasteiger partial charge in [-0.15, -0.1) is 0 Å². The van der Waals surface area contributed by atoms with Gasteiger partial charge in [-0.2, -0.15) is 0 Å². The highest BCUT2D eigenvalue weighted by Gasteiger charge is 2.37. The van der Waals surface area contributed by atoms with Crippen LogP contribution in [0.15, 0.2) is 6.20 Å². The first-order valence-electron chi connectivity index (χ1n) is 8.71. The Balaban J connectivity index is 1.63. The Morgan fingerprint density at radius 2 is 2.13 bits per heavy atom. The summed E-state index contributed by atoms with van der Waals surface area (Å²) < 4.78 is 5.38. The number of anilines is 1. The minimum atomic E-state index is -0.745. The first kappa shape index (κ1) is 16.9. The average Bonchev–Trinajstić information content (AvgIpc) is 3.07. The Bertz CT molecular complexity index is 532. The molecule has 6 heteroatoms. The summed E-state index contributed by atoms with van der Waals surface area (Å²) in [5.41, 5.74) is 0.124. The number of hydrogen-bond donors (Lipinski definition) is 2. The van der Waals surface area contributed by atoms with Crippen molar-refractivity contribution >= 4 is 22.2 Å². The molecule has 128 valence electrons. The minimum Gasteiger partial charge on any atom is -0.384 e. The standard InChI is InChI=1S/C17H27N3O2S/c1-2-3-14(18)13-4-6-17(21,7-5-13)15-12-19-16(23-15)20-8-10-22-11-9-20/h12-13,18,21H,2-11H2,1H3. The van der Waals surface area contributed by atoms with Gasteiger partial charge in [0.25, 0.3) is 0 Å². The number of nitrogens with one attached hydrogen (secondary N) is 1. The molecule has 0 radical (unpaired) electrons. The molecular formula is C17H27N3O2S. The molecule has 5 nitrogen and oxygen atoms in total. The highest BCUT2D eigenvalue weighted by Crippen LogP contribution is 2.43. The summed E-state index contributed by atoms with van der Waals surface area (Å²) in [4.78, 5) is 7.76. The zero-order valence-electron chi connectivity index (χ0n) is 13.9. The maximum Gasteiger partial charge on any atom is 0.185 e. The van der Waals surface area contributed by atoms with Crippen molar-refractivity contribution in [1.82, 2.24) is 4.98 Å². The maximum absolute atomic E-state index is 11.0. The van der Waals surface area contributed by atoms with Gasteiger partial charge in [0.15, 0.2) is 5.13 Å². The van der Waals surface area contributed by atoms with Crippen LogP contribution in [0.1, 0.15) is 50.3 Å². The minimum absolute atomic E-state index is 0.363. The molecule has 0 unspecified atom stereocenters. The number of morpholine rings is 1. The van der Waals surface area contributed by atoms with Crippen LogP contribution in [0, 0.1) is 11.3 Å². The molecule has 2 N–H and O–H groups in total. The molecule has 23 heavy (non-hydrogen) atoms. The Labute approximate surface area is 142 Å². The van der Waals surface area contributed by atoms with Crippen molar-refractivity contribution in [2.24, 2.45) is 5.92 Å². The summed E-state index contributed by atoms with van der Waals surface area (Å²) in [7, 11) is 0. The van der Waals surface area contributed by atoms with E-state index in [4.69, 9.17) is 10.1 Å². The number of nitrogens with zero attached hydrogens (tertiary/aromatic N) is 2. The molecule has 0 aromatic carbocycles. The fourth-order valence-electron chi connectivity index (χ4n) is 3.54. The van der Waals surface area contributed by atoms with Crippen LogP contribution in [-0.2, 0) is 10.3 Å². The topological polar surface area (TPSA) is 69.4 Å². The third-order valence-electron chi connectivity index (χ3n) is 5.06.